The van der Waals surface area contributed by atoms with E-state index in [1.165, 1.54) is 0 Å². The summed E-state index contributed by atoms with van der Waals surface area (Å²) >= 11 is 7.58. The van der Waals surface area contributed by atoms with Crippen molar-refractivity contribution in [1.29, 1.82) is 0 Å². The van der Waals surface area contributed by atoms with E-state index in [4.69, 9.17) is 4.42 Å². The van der Waals surface area contributed by atoms with Crippen molar-refractivity contribution >= 4 is 34.5 Å². The molecule has 2 rings (SSSR count). The third-order valence-electron chi connectivity index (χ3n) is 2.27. The first-order chi connectivity index (χ1) is 8.56. The standard InChI is InChI=1S/C12H11BrN2O2S/c1-7-5-14-11(17-7)6-15-12(16)9-3-2-8(13)4-10(9)18/h2-5,18H,6H2,1H3,(H,15,16). The maximum atomic E-state index is 11.9. The van der Waals surface area contributed by atoms with E-state index >= 15 is 0 Å². The number of halogens is 1. The van der Waals surface area contributed by atoms with Crippen molar-refractivity contribution in [3.05, 3.63) is 46.1 Å². The normalized spacial score (nSPS) is 10.4. The van der Waals surface area contributed by atoms with Gasteiger partial charge in [-0.1, -0.05) is 15.9 Å². The van der Waals surface area contributed by atoms with Gasteiger partial charge < -0.3 is 9.73 Å². The minimum Gasteiger partial charge on any atom is -0.444 e. The average Bonchev–Trinajstić information content (AvgIpc) is 2.72. The van der Waals surface area contributed by atoms with Crippen LogP contribution in [0.5, 0.6) is 0 Å². The van der Waals surface area contributed by atoms with Gasteiger partial charge in [0.05, 0.1) is 18.3 Å². The minimum absolute atomic E-state index is 0.205. The molecule has 0 saturated carbocycles. The van der Waals surface area contributed by atoms with Crippen molar-refractivity contribution in [2.75, 3.05) is 0 Å². The van der Waals surface area contributed by atoms with Crippen molar-refractivity contribution in [3.8, 4) is 0 Å². The van der Waals surface area contributed by atoms with Crippen LogP contribution in [0.1, 0.15) is 22.0 Å². The van der Waals surface area contributed by atoms with E-state index in [2.05, 4.69) is 38.9 Å². The molecule has 18 heavy (non-hydrogen) atoms. The third kappa shape index (κ3) is 3.14. The van der Waals surface area contributed by atoms with Gasteiger partial charge in [0.2, 0.25) is 5.89 Å². The van der Waals surface area contributed by atoms with Crippen molar-refractivity contribution in [1.82, 2.24) is 10.3 Å². The molecule has 0 saturated heterocycles. The molecular weight excluding hydrogens is 316 g/mol. The van der Waals surface area contributed by atoms with Gasteiger partial charge in [-0.05, 0) is 25.1 Å². The zero-order valence-corrected chi connectivity index (χ0v) is 12.1. The predicted molar refractivity (Wildman–Crippen MR) is 73.8 cm³/mol. The van der Waals surface area contributed by atoms with Crippen molar-refractivity contribution in [3.63, 3.8) is 0 Å². The molecule has 1 heterocycles. The lowest BCUT2D eigenvalue weighted by atomic mass is 10.2. The number of hydrogen-bond donors (Lipinski definition) is 2. The SMILES string of the molecule is Cc1cnc(CNC(=O)c2ccc(Br)cc2S)o1. The Hall–Kier alpha value is -1.27. The van der Waals surface area contributed by atoms with Crippen LogP contribution in [0.2, 0.25) is 0 Å². The minimum atomic E-state index is -0.205. The molecule has 4 nitrogen and oxygen atoms in total. The van der Waals surface area contributed by atoms with Crippen LogP contribution < -0.4 is 5.32 Å². The van der Waals surface area contributed by atoms with E-state index in [1.807, 2.05) is 0 Å². The second kappa shape index (κ2) is 5.58. The van der Waals surface area contributed by atoms with Gasteiger partial charge in [-0.15, -0.1) is 12.6 Å². The monoisotopic (exact) mass is 326 g/mol. The van der Waals surface area contributed by atoms with Crippen LogP contribution in [0.25, 0.3) is 0 Å². The number of carbonyl (C=O) groups excluding carboxylic acids is 1. The highest BCUT2D eigenvalue weighted by Gasteiger charge is 2.10. The molecule has 2 aromatic rings. The number of nitrogens with one attached hydrogen (secondary N) is 1. The first-order valence-corrected chi connectivity index (χ1v) is 6.48. The summed E-state index contributed by atoms with van der Waals surface area (Å²) in [5.41, 5.74) is 0.518. The first-order valence-electron chi connectivity index (χ1n) is 5.24. The van der Waals surface area contributed by atoms with E-state index in [1.54, 1.807) is 31.3 Å². The summed E-state index contributed by atoms with van der Waals surface area (Å²) in [4.78, 5) is 16.5. The van der Waals surface area contributed by atoms with E-state index in [-0.39, 0.29) is 12.5 Å². The number of carbonyl (C=O) groups is 1. The number of benzene rings is 1. The summed E-state index contributed by atoms with van der Waals surface area (Å²) < 4.78 is 6.15. The van der Waals surface area contributed by atoms with Gasteiger partial charge in [0, 0.05) is 9.37 Å². The lowest BCUT2D eigenvalue weighted by molar-refractivity contribution is 0.0944. The van der Waals surface area contributed by atoms with Crippen molar-refractivity contribution in [2.45, 2.75) is 18.4 Å². The highest BCUT2D eigenvalue weighted by Crippen LogP contribution is 2.19. The summed E-state index contributed by atoms with van der Waals surface area (Å²) in [7, 11) is 0. The Balaban J connectivity index is 2.03. The molecule has 1 amide bonds. The van der Waals surface area contributed by atoms with Crippen LogP contribution in [0.15, 0.2) is 38.2 Å². The molecule has 0 fully saturated rings. The van der Waals surface area contributed by atoms with Crippen LogP contribution in [0.3, 0.4) is 0 Å². The maximum absolute atomic E-state index is 11.9. The van der Waals surface area contributed by atoms with Gasteiger partial charge in [-0.25, -0.2) is 4.98 Å². The molecule has 1 N–H and O–H groups in total. The molecule has 0 aliphatic carbocycles. The smallest absolute Gasteiger partial charge is 0.252 e. The fourth-order valence-electron chi connectivity index (χ4n) is 1.43. The molecule has 1 aromatic carbocycles. The number of aromatic nitrogens is 1. The average molecular weight is 327 g/mol. The molecular formula is C12H11BrN2O2S. The van der Waals surface area contributed by atoms with Crippen LogP contribution in [0.4, 0.5) is 0 Å². The second-order valence-electron chi connectivity index (χ2n) is 3.71. The molecule has 6 heteroatoms. The van der Waals surface area contributed by atoms with Crippen molar-refractivity contribution < 1.29 is 9.21 Å². The van der Waals surface area contributed by atoms with Crippen LogP contribution in [-0.4, -0.2) is 10.9 Å². The molecule has 1 aromatic heterocycles. The lowest BCUT2D eigenvalue weighted by Gasteiger charge is -2.05. The maximum Gasteiger partial charge on any atom is 0.252 e. The van der Waals surface area contributed by atoms with E-state index in [0.29, 0.717) is 16.3 Å². The second-order valence-corrected chi connectivity index (χ2v) is 5.11. The molecule has 0 aliphatic rings. The Morgan fingerprint density at radius 2 is 2.33 bits per heavy atom. The summed E-state index contributed by atoms with van der Waals surface area (Å²) in [6.07, 6.45) is 1.62. The lowest BCUT2D eigenvalue weighted by Crippen LogP contribution is -2.23. The van der Waals surface area contributed by atoms with Gasteiger partial charge in [0.1, 0.15) is 5.76 Å². The van der Waals surface area contributed by atoms with Gasteiger partial charge in [0.15, 0.2) is 0 Å². The topological polar surface area (TPSA) is 55.1 Å². The van der Waals surface area contributed by atoms with E-state index in [9.17, 15) is 4.79 Å². The summed E-state index contributed by atoms with van der Waals surface area (Å²) in [6, 6.07) is 5.28. The molecule has 0 spiro atoms. The van der Waals surface area contributed by atoms with Crippen LogP contribution >= 0.6 is 28.6 Å². The molecule has 0 aliphatic heterocycles. The highest BCUT2D eigenvalue weighted by molar-refractivity contribution is 9.10. The number of amides is 1. The summed E-state index contributed by atoms with van der Waals surface area (Å²) in [5.74, 6) is 1.000. The number of aryl methyl sites for hydroxylation is 1. The number of rotatable bonds is 3. The Bertz CT molecular complexity index is 583. The van der Waals surface area contributed by atoms with Crippen LogP contribution in [-0.2, 0) is 6.54 Å². The Morgan fingerprint density at radius 3 is 2.94 bits per heavy atom. The number of hydrogen-bond acceptors (Lipinski definition) is 4. The number of nitrogens with zero attached hydrogens (tertiary/aromatic N) is 1. The zero-order chi connectivity index (χ0) is 13.1. The number of oxazole rings is 1. The van der Waals surface area contributed by atoms with E-state index in [0.717, 1.165) is 10.2 Å². The van der Waals surface area contributed by atoms with Gasteiger partial charge in [-0.3, -0.25) is 4.79 Å². The molecule has 94 valence electrons. The van der Waals surface area contributed by atoms with Gasteiger partial charge in [0.25, 0.3) is 5.91 Å². The summed E-state index contributed by atoms with van der Waals surface area (Å²) in [5, 5.41) is 2.73. The summed E-state index contributed by atoms with van der Waals surface area (Å²) in [6.45, 7) is 2.06. The highest BCUT2D eigenvalue weighted by atomic mass is 79.9. The molecule has 0 bridgehead atoms. The Kier molecular flexibility index (Phi) is 4.08. The largest absolute Gasteiger partial charge is 0.444 e. The Labute approximate surface area is 118 Å². The fraction of sp³-hybridized carbons (Fsp3) is 0.167. The van der Waals surface area contributed by atoms with Gasteiger partial charge >= 0.3 is 0 Å². The fourth-order valence-corrected chi connectivity index (χ4v) is 2.28. The molecule has 0 atom stereocenters. The predicted octanol–water partition coefficient (Wildman–Crippen LogP) is 2.96. The first kappa shape index (κ1) is 13.2. The molecule has 0 radical (unpaired) electrons. The Morgan fingerprint density at radius 1 is 1.56 bits per heavy atom. The quantitative estimate of drug-likeness (QED) is 0.852. The zero-order valence-electron chi connectivity index (χ0n) is 9.61. The van der Waals surface area contributed by atoms with Crippen molar-refractivity contribution in [2.24, 2.45) is 0 Å². The molecule has 0 unspecified atom stereocenters. The van der Waals surface area contributed by atoms with E-state index < -0.39 is 0 Å². The number of thiol groups is 1. The third-order valence-corrected chi connectivity index (χ3v) is 3.14. The van der Waals surface area contributed by atoms with Gasteiger partial charge in [-0.2, -0.15) is 0 Å². The van der Waals surface area contributed by atoms with Crippen LogP contribution in [0, 0.1) is 6.92 Å².